The first-order chi connectivity index (χ1) is 15.6. The van der Waals surface area contributed by atoms with Gasteiger partial charge in [-0.3, -0.25) is 9.20 Å². The molecule has 0 spiro atoms. The summed E-state index contributed by atoms with van der Waals surface area (Å²) in [5.74, 6) is 0.0951. The van der Waals surface area contributed by atoms with Crippen molar-refractivity contribution < 1.29 is 9.18 Å². The molecule has 4 heterocycles. The van der Waals surface area contributed by atoms with Gasteiger partial charge in [-0.05, 0) is 43.3 Å². The van der Waals surface area contributed by atoms with Gasteiger partial charge in [0.1, 0.15) is 23.0 Å². The summed E-state index contributed by atoms with van der Waals surface area (Å²) in [7, 11) is 0. The lowest BCUT2D eigenvalue weighted by atomic mass is 10.2. The van der Waals surface area contributed by atoms with Crippen LogP contribution in [0.3, 0.4) is 0 Å². The SMILES string of the molecule is Cc1nc2ccc(F)cn2c1C(=O)Nc1ccc(N2CCN(c3ccccc3)CC2)nc1. The number of benzene rings is 1. The Labute approximate surface area is 185 Å². The highest BCUT2D eigenvalue weighted by Crippen LogP contribution is 2.21. The van der Waals surface area contributed by atoms with Gasteiger partial charge in [-0.25, -0.2) is 14.4 Å². The van der Waals surface area contributed by atoms with Crippen LogP contribution in [0.5, 0.6) is 0 Å². The predicted molar refractivity (Wildman–Crippen MR) is 123 cm³/mol. The van der Waals surface area contributed by atoms with Gasteiger partial charge in [0.2, 0.25) is 0 Å². The van der Waals surface area contributed by atoms with Gasteiger partial charge < -0.3 is 15.1 Å². The molecule has 1 amide bonds. The number of hydrogen-bond donors (Lipinski definition) is 1. The van der Waals surface area contributed by atoms with Crippen molar-refractivity contribution in [2.75, 3.05) is 41.3 Å². The third-order valence-corrected chi connectivity index (χ3v) is 5.70. The number of amides is 1. The fourth-order valence-electron chi connectivity index (χ4n) is 4.08. The summed E-state index contributed by atoms with van der Waals surface area (Å²) < 4.78 is 15.1. The van der Waals surface area contributed by atoms with E-state index in [1.807, 2.05) is 18.2 Å². The maximum absolute atomic E-state index is 13.7. The first kappa shape index (κ1) is 20.0. The number of anilines is 3. The van der Waals surface area contributed by atoms with Crippen LogP contribution in [0.2, 0.25) is 0 Å². The number of halogens is 1. The summed E-state index contributed by atoms with van der Waals surface area (Å²) in [5.41, 5.74) is 3.18. The van der Waals surface area contributed by atoms with Crippen LogP contribution in [0.25, 0.3) is 5.65 Å². The maximum Gasteiger partial charge on any atom is 0.274 e. The number of aryl methyl sites for hydroxylation is 1. The number of piperazine rings is 1. The Morgan fingerprint density at radius 3 is 2.44 bits per heavy atom. The number of nitrogens with one attached hydrogen (secondary N) is 1. The molecule has 162 valence electrons. The monoisotopic (exact) mass is 430 g/mol. The lowest BCUT2D eigenvalue weighted by molar-refractivity contribution is 0.102. The van der Waals surface area contributed by atoms with E-state index >= 15 is 0 Å². The first-order valence-corrected chi connectivity index (χ1v) is 10.5. The molecule has 0 saturated carbocycles. The summed E-state index contributed by atoms with van der Waals surface area (Å²) in [6.45, 7) is 5.33. The third kappa shape index (κ3) is 3.87. The highest BCUT2D eigenvalue weighted by Gasteiger charge is 2.20. The van der Waals surface area contributed by atoms with Crippen LogP contribution in [-0.2, 0) is 0 Å². The van der Waals surface area contributed by atoms with Gasteiger partial charge >= 0.3 is 0 Å². The zero-order chi connectivity index (χ0) is 22.1. The lowest BCUT2D eigenvalue weighted by Crippen LogP contribution is -2.46. The minimum Gasteiger partial charge on any atom is -0.368 e. The number of aromatic nitrogens is 3. The van der Waals surface area contributed by atoms with E-state index < -0.39 is 5.82 Å². The molecule has 0 atom stereocenters. The van der Waals surface area contributed by atoms with E-state index in [4.69, 9.17) is 0 Å². The van der Waals surface area contributed by atoms with Gasteiger partial charge in [-0.1, -0.05) is 18.2 Å². The molecule has 32 heavy (non-hydrogen) atoms. The molecule has 1 aliphatic rings. The first-order valence-electron chi connectivity index (χ1n) is 10.5. The second-order valence-electron chi connectivity index (χ2n) is 7.79. The Kier molecular flexibility index (Phi) is 5.18. The molecular formula is C24H23FN6O. The van der Waals surface area contributed by atoms with E-state index in [1.165, 1.54) is 22.4 Å². The number of pyridine rings is 2. The van der Waals surface area contributed by atoms with Gasteiger partial charge in [0.15, 0.2) is 0 Å². The van der Waals surface area contributed by atoms with E-state index in [1.54, 1.807) is 19.2 Å². The van der Waals surface area contributed by atoms with Gasteiger partial charge in [-0.2, -0.15) is 0 Å². The van der Waals surface area contributed by atoms with Crippen molar-refractivity contribution in [1.29, 1.82) is 0 Å². The Morgan fingerprint density at radius 1 is 0.969 bits per heavy atom. The van der Waals surface area contributed by atoms with Crippen molar-refractivity contribution in [3.8, 4) is 0 Å². The molecule has 3 aromatic heterocycles. The average Bonchev–Trinajstić information content (AvgIpc) is 3.15. The summed E-state index contributed by atoms with van der Waals surface area (Å²) in [6.07, 6.45) is 2.91. The molecule has 1 aromatic carbocycles. The van der Waals surface area contributed by atoms with Gasteiger partial charge in [0.05, 0.1) is 17.6 Å². The topological polar surface area (TPSA) is 65.8 Å². The molecule has 1 N–H and O–H groups in total. The largest absolute Gasteiger partial charge is 0.368 e. The molecule has 0 radical (unpaired) electrons. The van der Waals surface area contributed by atoms with E-state index in [0.29, 0.717) is 22.7 Å². The van der Waals surface area contributed by atoms with Crippen molar-refractivity contribution >= 4 is 28.7 Å². The number of imidazole rings is 1. The smallest absolute Gasteiger partial charge is 0.274 e. The molecule has 0 aliphatic carbocycles. The zero-order valence-corrected chi connectivity index (χ0v) is 17.7. The zero-order valence-electron chi connectivity index (χ0n) is 17.7. The Balaban J connectivity index is 1.25. The second kappa shape index (κ2) is 8.30. The molecule has 5 rings (SSSR count). The fourth-order valence-corrected chi connectivity index (χ4v) is 4.08. The van der Waals surface area contributed by atoms with E-state index in [-0.39, 0.29) is 5.91 Å². The van der Waals surface area contributed by atoms with E-state index in [0.717, 1.165) is 32.0 Å². The van der Waals surface area contributed by atoms with Crippen LogP contribution in [0.1, 0.15) is 16.2 Å². The molecule has 0 bridgehead atoms. The highest BCUT2D eigenvalue weighted by molar-refractivity contribution is 6.04. The Morgan fingerprint density at radius 2 is 1.72 bits per heavy atom. The number of nitrogens with zero attached hydrogens (tertiary/aromatic N) is 5. The number of carbonyl (C=O) groups excluding carboxylic acids is 1. The number of para-hydroxylation sites is 1. The molecule has 1 aliphatic heterocycles. The van der Waals surface area contributed by atoms with Crippen molar-refractivity contribution in [3.63, 3.8) is 0 Å². The number of hydrogen-bond acceptors (Lipinski definition) is 5. The normalized spacial score (nSPS) is 14.1. The van der Waals surface area contributed by atoms with Crippen LogP contribution in [-0.4, -0.2) is 46.5 Å². The van der Waals surface area contributed by atoms with Gasteiger partial charge in [-0.15, -0.1) is 0 Å². The molecule has 1 fully saturated rings. The second-order valence-corrected chi connectivity index (χ2v) is 7.79. The van der Waals surface area contributed by atoms with Crippen LogP contribution in [0.15, 0.2) is 67.0 Å². The van der Waals surface area contributed by atoms with E-state index in [2.05, 4.69) is 49.4 Å². The van der Waals surface area contributed by atoms with Crippen molar-refractivity contribution in [2.24, 2.45) is 0 Å². The summed E-state index contributed by atoms with van der Waals surface area (Å²) in [5, 5.41) is 2.84. The minimum absolute atomic E-state index is 0.306. The van der Waals surface area contributed by atoms with Crippen molar-refractivity contribution in [3.05, 3.63) is 84.2 Å². The Bertz CT molecular complexity index is 1250. The van der Waals surface area contributed by atoms with Gasteiger partial charge in [0.25, 0.3) is 5.91 Å². The summed E-state index contributed by atoms with van der Waals surface area (Å²) >= 11 is 0. The van der Waals surface area contributed by atoms with Crippen LogP contribution < -0.4 is 15.1 Å². The fraction of sp³-hybridized carbons (Fsp3) is 0.208. The molecule has 7 nitrogen and oxygen atoms in total. The molecule has 1 saturated heterocycles. The quantitative estimate of drug-likeness (QED) is 0.534. The summed E-state index contributed by atoms with van der Waals surface area (Å²) in [6, 6.07) is 17.0. The van der Waals surface area contributed by atoms with Crippen molar-refractivity contribution in [2.45, 2.75) is 6.92 Å². The lowest BCUT2D eigenvalue weighted by Gasteiger charge is -2.36. The number of carbonyl (C=O) groups is 1. The van der Waals surface area contributed by atoms with Crippen LogP contribution >= 0.6 is 0 Å². The van der Waals surface area contributed by atoms with Crippen LogP contribution in [0.4, 0.5) is 21.6 Å². The maximum atomic E-state index is 13.7. The van der Waals surface area contributed by atoms with E-state index in [9.17, 15) is 9.18 Å². The highest BCUT2D eigenvalue weighted by atomic mass is 19.1. The number of fused-ring (bicyclic) bond motifs is 1. The number of rotatable bonds is 4. The molecule has 0 unspecified atom stereocenters. The third-order valence-electron chi connectivity index (χ3n) is 5.70. The molecule has 8 heteroatoms. The standard InChI is InChI=1S/C24H23FN6O/c1-17-23(31-16-18(25)7-9-22(31)27-17)24(32)28-19-8-10-21(26-15-19)30-13-11-29(12-14-30)20-5-3-2-4-6-20/h2-10,15-16H,11-14H2,1H3,(H,28,32). The summed E-state index contributed by atoms with van der Waals surface area (Å²) in [4.78, 5) is 26.3. The van der Waals surface area contributed by atoms with Crippen molar-refractivity contribution in [1.82, 2.24) is 14.4 Å². The predicted octanol–water partition coefficient (Wildman–Crippen LogP) is 3.76. The minimum atomic E-state index is -0.428. The Hall–Kier alpha value is -3.94. The average molecular weight is 430 g/mol. The molecular weight excluding hydrogens is 407 g/mol. The molecule has 4 aromatic rings. The van der Waals surface area contributed by atoms with Crippen LogP contribution in [0, 0.1) is 12.7 Å². The van der Waals surface area contributed by atoms with Gasteiger partial charge in [0, 0.05) is 38.1 Å².